The van der Waals surface area contributed by atoms with Crippen molar-refractivity contribution in [3.63, 3.8) is 0 Å². The molecule has 0 bridgehead atoms. The van der Waals surface area contributed by atoms with Gasteiger partial charge >= 0.3 is 0 Å². The number of thiophene rings is 1. The number of carbonyl (C=O) groups excluding carboxylic acids is 1. The van der Waals surface area contributed by atoms with E-state index in [4.69, 9.17) is 0 Å². The minimum atomic E-state index is -0.975. The fraction of sp³-hybridized carbons (Fsp3) is 0.148. The quantitative estimate of drug-likeness (QED) is 0.407. The predicted molar refractivity (Wildman–Crippen MR) is 123 cm³/mol. The highest BCUT2D eigenvalue weighted by atomic mass is 32.1. The molecule has 0 radical (unpaired) electrons. The van der Waals surface area contributed by atoms with Crippen molar-refractivity contribution in [2.75, 3.05) is 0 Å². The molecule has 2 nitrogen and oxygen atoms in total. The summed E-state index contributed by atoms with van der Waals surface area (Å²) in [6.45, 7) is 3.90. The lowest BCUT2D eigenvalue weighted by Gasteiger charge is -2.41. The monoisotopic (exact) mass is 410 g/mol. The molecule has 2 atom stereocenters. The fourth-order valence-corrected chi connectivity index (χ4v) is 5.63. The second-order valence-electron chi connectivity index (χ2n) is 8.12. The van der Waals surface area contributed by atoms with E-state index in [1.165, 1.54) is 15.6 Å². The maximum Gasteiger partial charge on any atom is 0.181 e. The van der Waals surface area contributed by atoms with Crippen molar-refractivity contribution in [2.45, 2.75) is 25.2 Å². The molecule has 5 rings (SSSR count). The number of hydrogen-bond donors (Lipinski definition) is 1. The number of allylic oxidation sites excluding steroid dienone is 2. The maximum atomic E-state index is 13.5. The molecule has 0 amide bonds. The number of carbonyl (C=O) groups is 1. The zero-order valence-corrected chi connectivity index (χ0v) is 17.7. The Labute approximate surface area is 180 Å². The van der Waals surface area contributed by atoms with Gasteiger partial charge in [0.25, 0.3) is 0 Å². The normalized spacial score (nSPS) is 19.7. The highest BCUT2D eigenvalue weighted by Crippen LogP contribution is 2.52. The van der Waals surface area contributed by atoms with Crippen LogP contribution >= 0.6 is 11.3 Å². The topological polar surface area (TPSA) is 37.3 Å². The molecule has 3 aromatic carbocycles. The highest BCUT2D eigenvalue weighted by Gasteiger charge is 2.54. The van der Waals surface area contributed by atoms with Gasteiger partial charge in [-0.1, -0.05) is 78.4 Å². The first-order chi connectivity index (χ1) is 14.5. The average Bonchev–Trinajstić information content (AvgIpc) is 3.20. The molecule has 148 valence electrons. The van der Waals surface area contributed by atoms with E-state index < -0.39 is 5.41 Å². The van der Waals surface area contributed by atoms with Gasteiger partial charge in [-0.05, 0) is 42.5 Å². The Morgan fingerprint density at radius 2 is 1.57 bits per heavy atom. The number of fused-ring (bicyclic) bond motifs is 1. The van der Waals surface area contributed by atoms with Crippen molar-refractivity contribution in [1.29, 1.82) is 0 Å². The summed E-state index contributed by atoms with van der Waals surface area (Å²) in [5.41, 5.74) is 2.59. The second-order valence-corrected chi connectivity index (χ2v) is 9.23. The molecule has 1 aliphatic rings. The van der Waals surface area contributed by atoms with Crippen molar-refractivity contribution >= 4 is 27.2 Å². The van der Waals surface area contributed by atoms with Crippen LogP contribution in [0.15, 0.2) is 96.3 Å². The lowest BCUT2D eigenvalue weighted by Crippen LogP contribution is -2.47. The smallest absolute Gasteiger partial charge is 0.181 e. The van der Waals surface area contributed by atoms with Gasteiger partial charge < -0.3 is 5.11 Å². The van der Waals surface area contributed by atoms with Gasteiger partial charge in [0.1, 0.15) is 11.2 Å². The van der Waals surface area contributed by atoms with Crippen molar-refractivity contribution in [3.8, 4) is 0 Å². The van der Waals surface area contributed by atoms with Crippen LogP contribution in [0.5, 0.6) is 0 Å². The van der Waals surface area contributed by atoms with Crippen molar-refractivity contribution in [2.24, 2.45) is 0 Å². The number of aliphatic hydroxyl groups is 1. The Morgan fingerprint density at radius 3 is 2.23 bits per heavy atom. The molecule has 0 saturated heterocycles. The molecule has 4 aromatic rings. The molecule has 30 heavy (non-hydrogen) atoms. The first-order valence-electron chi connectivity index (χ1n) is 10.1. The Balaban J connectivity index is 1.69. The molecule has 0 spiro atoms. The van der Waals surface area contributed by atoms with Crippen LogP contribution in [0.25, 0.3) is 10.1 Å². The van der Waals surface area contributed by atoms with E-state index >= 15 is 0 Å². The van der Waals surface area contributed by atoms with Crippen LogP contribution in [-0.4, -0.2) is 10.9 Å². The largest absolute Gasteiger partial charge is 0.510 e. The molecule has 1 N–H and O–H groups in total. The third kappa shape index (κ3) is 2.73. The first kappa shape index (κ1) is 18.8. The van der Waals surface area contributed by atoms with Crippen LogP contribution in [0.1, 0.15) is 34.4 Å². The molecule has 0 saturated carbocycles. The molecule has 1 aliphatic carbocycles. The summed E-state index contributed by atoms with van der Waals surface area (Å²) in [4.78, 5) is 14.6. The zero-order valence-electron chi connectivity index (χ0n) is 16.9. The van der Waals surface area contributed by atoms with E-state index in [0.717, 1.165) is 16.0 Å². The van der Waals surface area contributed by atoms with Gasteiger partial charge in [0.05, 0.1) is 5.92 Å². The summed E-state index contributed by atoms with van der Waals surface area (Å²) in [5, 5.41) is 12.4. The fourth-order valence-electron chi connectivity index (χ4n) is 4.44. The number of Topliss-reactive ketones (excluding diaryl/α,β-unsaturated/α-hetero) is 1. The van der Waals surface area contributed by atoms with Crippen molar-refractivity contribution in [1.82, 2.24) is 0 Å². The van der Waals surface area contributed by atoms with Gasteiger partial charge in [-0.2, -0.15) is 0 Å². The average molecular weight is 411 g/mol. The SMILES string of the molecule is Cc1ccc2sc(C(C3=C(O)C(C)(c4ccccc4)C3=O)c3ccccc3)cc2c1. The van der Waals surface area contributed by atoms with Gasteiger partial charge in [0.15, 0.2) is 5.78 Å². The first-order valence-corrected chi connectivity index (χ1v) is 10.9. The van der Waals surface area contributed by atoms with Crippen LogP contribution in [0, 0.1) is 6.92 Å². The number of aryl methyl sites for hydroxylation is 1. The molecular formula is C27H22O2S. The molecule has 0 fully saturated rings. The predicted octanol–water partition coefficient (Wildman–Crippen LogP) is 6.69. The van der Waals surface area contributed by atoms with E-state index in [1.54, 1.807) is 11.3 Å². The summed E-state index contributed by atoms with van der Waals surface area (Å²) in [6, 6.07) is 28.1. The Bertz CT molecular complexity index is 1280. The molecule has 2 unspecified atom stereocenters. The van der Waals surface area contributed by atoms with Crippen LogP contribution in [-0.2, 0) is 10.2 Å². The molecule has 3 heteroatoms. The van der Waals surface area contributed by atoms with E-state index in [9.17, 15) is 9.90 Å². The van der Waals surface area contributed by atoms with Gasteiger partial charge in [-0.25, -0.2) is 0 Å². The second kappa shape index (κ2) is 6.96. The summed E-state index contributed by atoms with van der Waals surface area (Å²) in [6.07, 6.45) is 0. The van der Waals surface area contributed by atoms with Crippen LogP contribution in [0.2, 0.25) is 0 Å². The Hall–Kier alpha value is -3.17. The standard InChI is InChI=1S/C27H22O2S/c1-17-13-14-21-19(15-17)16-22(30-21)23(18-9-5-3-6-10-18)24-25(28)27(2,26(24)29)20-11-7-4-8-12-20/h3-16,23,28H,1-2H3. The molecular weight excluding hydrogens is 388 g/mol. The highest BCUT2D eigenvalue weighted by molar-refractivity contribution is 7.19. The number of aliphatic hydroxyl groups excluding tert-OH is 1. The van der Waals surface area contributed by atoms with E-state index in [1.807, 2.05) is 67.6 Å². The lowest BCUT2D eigenvalue weighted by atomic mass is 9.61. The van der Waals surface area contributed by atoms with E-state index in [0.29, 0.717) is 5.57 Å². The van der Waals surface area contributed by atoms with E-state index in [2.05, 4.69) is 31.2 Å². The number of hydrogen-bond acceptors (Lipinski definition) is 3. The summed E-state index contributed by atoms with van der Waals surface area (Å²) in [7, 11) is 0. The summed E-state index contributed by atoms with van der Waals surface area (Å²) < 4.78 is 1.19. The molecule has 1 heterocycles. The van der Waals surface area contributed by atoms with Crippen molar-refractivity contribution in [3.05, 3.63) is 118 Å². The third-order valence-corrected chi connectivity index (χ3v) is 7.36. The van der Waals surface area contributed by atoms with Gasteiger partial charge in [-0.15, -0.1) is 11.3 Å². The zero-order chi connectivity index (χ0) is 20.9. The minimum absolute atomic E-state index is 0.00584. The maximum absolute atomic E-state index is 13.5. The number of rotatable bonds is 4. The van der Waals surface area contributed by atoms with E-state index in [-0.39, 0.29) is 17.5 Å². The minimum Gasteiger partial charge on any atom is -0.510 e. The third-order valence-electron chi connectivity index (χ3n) is 6.18. The summed E-state index contributed by atoms with van der Waals surface area (Å²) >= 11 is 1.69. The van der Waals surface area contributed by atoms with Crippen LogP contribution in [0.3, 0.4) is 0 Å². The number of benzene rings is 3. The van der Waals surface area contributed by atoms with Crippen molar-refractivity contribution < 1.29 is 9.90 Å². The molecule has 0 aliphatic heterocycles. The van der Waals surface area contributed by atoms with Crippen LogP contribution < -0.4 is 0 Å². The van der Waals surface area contributed by atoms with Gasteiger partial charge in [0.2, 0.25) is 0 Å². The number of ketones is 1. The summed E-state index contributed by atoms with van der Waals surface area (Å²) in [5.74, 6) is -0.0944. The van der Waals surface area contributed by atoms with Gasteiger partial charge in [-0.3, -0.25) is 4.79 Å². The van der Waals surface area contributed by atoms with Gasteiger partial charge in [0, 0.05) is 15.2 Å². The lowest BCUT2D eigenvalue weighted by molar-refractivity contribution is -0.123. The molecule has 1 aromatic heterocycles. The Kier molecular flexibility index (Phi) is 4.37. The Morgan fingerprint density at radius 1 is 0.900 bits per heavy atom. The van der Waals surface area contributed by atoms with Crippen LogP contribution in [0.4, 0.5) is 0 Å².